The summed E-state index contributed by atoms with van der Waals surface area (Å²) in [6, 6.07) is 11.2. The van der Waals surface area contributed by atoms with Crippen LogP contribution < -0.4 is 4.74 Å². The van der Waals surface area contributed by atoms with Crippen LogP contribution in [0, 0.1) is 0 Å². The maximum absolute atomic E-state index is 11.8. The molecule has 1 aromatic heterocycles. The molecular weight excluding hydrogens is 416 g/mol. The molecule has 3 rings (SSSR count). The summed E-state index contributed by atoms with van der Waals surface area (Å²) in [5.41, 5.74) is 3.32. The number of rotatable bonds is 9. The predicted octanol–water partition coefficient (Wildman–Crippen LogP) is 4.27. The molecule has 0 spiro atoms. The highest BCUT2D eigenvalue weighted by atomic mass is 35.5. The summed E-state index contributed by atoms with van der Waals surface area (Å²) < 4.78 is 34.9. The number of hydrogen-bond donors (Lipinski definition) is 1. The number of carbonyl (C=O) groups is 1. The number of furan rings is 1. The van der Waals surface area contributed by atoms with Crippen LogP contribution in [0.25, 0.3) is 11.0 Å². The van der Waals surface area contributed by atoms with Crippen molar-refractivity contribution in [1.29, 1.82) is 0 Å². The molecule has 0 fully saturated rings. The number of hydrogen-bond acceptors (Lipinski definition) is 5. The molecule has 0 saturated carbocycles. The lowest BCUT2D eigenvalue weighted by molar-refractivity contribution is -0.134. The second-order valence-electron chi connectivity index (χ2n) is 6.72. The minimum Gasteiger partial charge on any atom is -0.489 e. The predicted molar refractivity (Wildman–Crippen MR) is 111 cm³/mol. The lowest BCUT2D eigenvalue weighted by Gasteiger charge is -2.09. The fraction of sp³-hybridized carbons (Fsp3) is 0.286. The van der Waals surface area contributed by atoms with Crippen LogP contribution >= 0.6 is 11.6 Å². The van der Waals surface area contributed by atoms with Gasteiger partial charge in [0.15, 0.2) is 9.84 Å². The van der Waals surface area contributed by atoms with Crippen LogP contribution in [0.1, 0.15) is 23.6 Å². The first-order valence-corrected chi connectivity index (χ1v) is 11.3. The van der Waals surface area contributed by atoms with Gasteiger partial charge in [-0.05, 0) is 42.2 Å². The molecule has 1 heterocycles. The molecule has 8 heteroatoms. The van der Waals surface area contributed by atoms with E-state index in [1.54, 1.807) is 18.2 Å². The number of aryl methyl sites for hydroxylation is 2. The van der Waals surface area contributed by atoms with Crippen molar-refractivity contribution in [1.82, 2.24) is 0 Å². The van der Waals surface area contributed by atoms with Gasteiger partial charge in [-0.25, -0.2) is 8.42 Å². The van der Waals surface area contributed by atoms with E-state index in [4.69, 9.17) is 25.9 Å². The number of benzene rings is 2. The van der Waals surface area contributed by atoms with Crippen molar-refractivity contribution in [2.75, 3.05) is 11.5 Å². The van der Waals surface area contributed by atoms with Crippen LogP contribution in [0.3, 0.4) is 0 Å². The third-order valence-corrected chi connectivity index (χ3v) is 6.44. The highest BCUT2D eigenvalue weighted by molar-refractivity contribution is 7.92. The molecule has 0 saturated heterocycles. The maximum atomic E-state index is 11.8. The summed E-state index contributed by atoms with van der Waals surface area (Å²) in [6.07, 6.45) is 2.59. The molecule has 0 amide bonds. The molecule has 0 radical (unpaired) electrons. The Morgan fingerprint density at radius 1 is 1.17 bits per heavy atom. The van der Waals surface area contributed by atoms with Crippen molar-refractivity contribution < 1.29 is 27.5 Å². The van der Waals surface area contributed by atoms with E-state index in [2.05, 4.69) is 6.92 Å². The van der Waals surface area contributed by atoms with Crippen molar-refractivity contribution >= 4 is 38.4 Å². The number of fused-ring (bicyclic) bond motifs is 1. The zero-order chi connectivity index (χ0) is 21.0. The fourth-order valence-corrected chi connectivity index (χ4v) is 4.27. The topological polar surface area (TPSA) is 93.8 Å². The van der Waals surface area contributed by atoms with Crippen molar-refractivity contribution in [3.63, 3.8) is 0 Å². The van der Waals surface area contributed by atoms with Crippen molar-refractivity contribution in [3.05, 3.63) is 64.4 Å². The van der Waals surface area contributed by atoms with Crippen LogP contribution in [0.5, 0.6) is 5.75 Å². The number of carboxylic acids is 1. The maximum Gasteiger partial charge on any atom is 0.318 e. The Labute approximate surface area is 174 Å². The lowest BCUT2D eigenvalue weighted by Crippen LogP contribution is -2.19. The van der Waals surface area contributed by atoms with Crippen molar-refractivity contribution in [2.24, 2.45) is 0 Å². The second kappa shape index (κ2) is 8.88. The third kappa shape index (κ3) is 5.52. The molecule has 0 aliphatic heterocycles. The average Bonchev–Trinajstić information content (AvgIpc) is 3.06. The van der Waals surface area contributed by atoms with Crippen LogP contribution in [0.4, 0.5) is 0 Å². The Hall–Kier alpha value is -2.51. The zero-order valence-corrected chi connectivity index (χ0v) is 17.4. The Morgan fingerprint density at radius 3 is 2.66 bits per heavy atom. The average molecular weight is 437 g/mol. The van der Waals surface area contributed by atoms with E-state index < -0.39 is 21.6 Å². The molecule has 1 N–H and O–H groups in total. The Bertz CT molecular complexity index is 1130. The fourth-order valence-electron chi connectivity index (χ4n) is 2.96. The van der Waals surface area contributed by atoms with Gasteiger partial charge in [-0.2, -0.15) is 0 Å². The molecule has 154 valence electrons. The molecule has 0 unspecified atom stereocenters. The van der Waals surface area contributed by atoms with Crippen molar-refractivity contribution in [2.45, 2.75) is 26.4 Å². The number of aliphatic carboxylic acids is 1. The van der Waals surface area contributed by atoms with E-state index in [-0.39, 0.29) is 12.2 Å². The van der Waals surface area contributed by atoms with Gasteiger partial charge in [-0.3, -0.25) is 4.79 Å². The second-order valence-corrected chi connectivity index (χ2v) is 9.31. The Kier molecular flexibility index (Phi) is 6.49. The van der Waals surface area contributed by atoms with E-state index in [9.17, 15) is 13.2 Å². The van der Waals surface area contributed by atoms with Gasteiger partial charge >= 0.3 is 5.97 Å². The van der Waals surface area contributed by atoms with E-state index in [1.807, 2.05) is 18.2 Å². The van der Waals surface area contributed by atoms with E-state index >= 15 is 0 Å². The highest BCUT2D eigenvalue weighted by Crippen LogP contribution is 2.27. The monoisotopic (exact) mass is 436 g/mol. The first kappa shape index (κ1) is 21.2. The number of halogens is 1. The summed E-state index contributed by atoms with van der Waals surface area (Å²) in [5.74, 6) is -1.87. The van der Waals surface area contributed by atoms with E-state index in [0.29, 0.717) is 28.5 Å². The molecule has 0 aliphatic rings. The molecule has 2 aromatic carbocycles. The van der Waals surface area contributed by atoms with Crippen molar-refractivity contribution in [3.8, 4) is 5.75 Å². The summed E-state index contributed by atoms with van der Waals surface area (Å²) in [6.45, 7) is 2.38. The van der Waals surface area contributed by atoms with Gasteiger partial charge in [0.25, 0.3) is 0 Å². The zero-order valence-electron chi connectivity index (χ0n) is 15.9. The minimum atomic E-state index is -3.66. The largest absolute Gasteiger partial charge is 0.489 e. The van der Waals surface area contributed by atoms with Gasteiger partial charge in [0.05, 0.1) is 12.0 Å². The third-order valence-electron chi connectivity index (χ3n) is 4.57. The summed E-state index contributed by atoms with van der Waals surface area (Å²) >= 11 is 6.29. The Morgan fingerprint density at radius 2 is 1.97 bits per heavy atom. The van der Waals surface area contributed by atoms with Crippen LogP contribution in [0.2, 0.25) is 5.02 Å². The summed E-state index contributed by atoms with van der Waals surface area (Å²) in [4.78, 5) is 10.6. The van der Waals surface area contributed by atoms with E-state index in [1.165, 1.54) is 6.26 Å². The Balaban J connectivity index is 1.68. The van der Waals surface area contributed by atoms with E-state index in [0.717, 1.165) is 22.9 Å². The number of carboxylic acid groups (broad SMARTS) is 1. The molecule has 0 bridgehead atoms. The lowest BCUT2D eigenvalue weighted by atomic mass is 10.1. The first-order chi connectivity index (χ1) is 13.8. The smallest absolute Gasteiger partial charge is 0.318 e. The first-order valence-electron chi connectivity index (χ1n) is 9.10. The molecular formula is C21H21ClO6S. The molecule has 6 nitrogen and oxygen atoms in total. The van der Waals surface area contributed by atoms with Gasteiger partial charge < -0.3 is 14.3 Å². The minimum absolute atomic E-state index is 0.183. The SMILES string of the molecule is CCc1ccc(COc2ccc3c(CCS(=O)(=O)CC(=O)O)coc3c2)c(Cl)c1. The van der Waals surface area contributed by atoms with Gasteiger partial charge in [0.2, 0.25) is 0 Å². The standard InChI is InChI=1S/C21H21ClO6S/c1-2-14-3-4-16(19(22)9-14)12-27-17-5-6-18-15(11-28-20(18)10-17)7-8-29(25,26)13-21(23)24/h3-6,9-11H,2,7-8,12-13H2,1H3,(H,23,24). The summed E-state index contributed by atoms with van der Waals surface area (Å²) in [5, 5.41) is 10.1. The van der Waals surface area contributed by atoms with Gasteiger partial charge in [-0.15, -0.1) is 0 Å². The molecule has 29 heavy (non-hydrogen) atoms. The van der Waals surface area contributed by atoms with Crippen LogP contribution in [-0.4, -0.2) is 31.0 Å². The quantitative estimate of drug-likeness (QED) is 0.538. The van der Waals surface area contributed by atoms with Gasteiger partial charge in [0.1, 0.15) is 23.7 Å². The summed E-state index contributed by atoms with van der Waals surface area (Å²) in [7, 11) is -3.66. The van der Waals surface area contributed by atoms with Crippen LogP contribution in [-0.2, 0) is 34.1 Å². The molecule has 0 atom stereocenters. The van der Waals surface area contributed by atoms with Gasteiger partial charge in [0, 0.05) is 22.0 Å². The number of sulfone groups is 1. The normalized spacial score (nSPS) is 11.7. The highest BCUT2D eigenvalue weighted by Gasteiger charge is 2.17. The number of ether oxygens (including phenoxy) is 1. The van der Waals surface area contributed by atoms with Gasteiger partial charge in [-0.1, -0.05) is 30.7 Å². The molecule has 0 aliphatic carbocycles. The molecule has 3 aromatic rings. The van der Waals surface area contributed by atoms with Crippen LogP contribution in [0.15, 0.2) is 47.1 Å².